The van der Waals surface area contributed by atoms with E-state index in [9.17, 15) is 24.6 Å². The summed E-state index contributed by atoms with van der Waals surface area (Å²) in [4.78, 5) is 33.3. The monoisotopic (exact) mass is 292 g/mol. The Balaban J connectivity index is 2.70. The lowest BCUT2D eigenvalue weighted by molar-refractivity contribution is -0.308. The number of hydrogen-bond donors (Lipinski definition) is 2. The zero-order chi connectivity index (χ0) is 16.0. The summed E-state index contributed by atoms with van der Waals surface area (Å²) in [5, 5.41) is 26.3. The summed E-state index contributed by atoms with van der Waals surface area (Å²) in [6.45, 7) is 3.64. The Morgan fingerprint density at radius 3 is 2.38 bits per heavy atom. The molecule has 0 bridgehead atoms. The molecule has 0 saturated heterocycles. The van der Waals surface area contributed by atoms with Crippen LogP contribution in [0.25, 0.3) is 0 Å². The van der Waals surface area contributed by atoms with Crippen molar-refractivity contribution >= 4 is 23.7 Å². The third-order valence-electron chi connectivity index (χ3n) is 2.65. The molecule has 0 aromatic heterocycles. The van der Waals surface area contributed by atoms with Crippen molar-refractivity contribution in [2.45, 2.75) is 26.3 Å². The predicted octanol–water partition coefficient (Wildman–Crippen LogP) is -0.664. The van der Waals surface area contributed by atoms with E-state index in [1.165, 1.54) is 24.3 Å². The third-order valence-corrected chi connectivity index (χ3v) is 2.65. The first kappa shape index (κ1) is 16.5. The van der Waals surface area contributed by atoms with Gasteiger partial charge in [-0.25, -0.2) is 4.79 Å². The van der Waals surface area contributed by atoms with Gasteiger partial charge in [0.25, 0.3) is 0 Å². The first-order valence-electron chi connectivity index (χ1n) is 6.39. The molecule has 114 valence electrons. The van der Waals surface area contributed by atoms with Gasteiger partial charge in [-0.1, -0.05) is 26.0 Å². The van der Waals surface area contributed by atoms with Gasteiger partial charge in [-0.2, -0.15) is 0 Å². The lowest BCUT2D eigenvalue weighted by Gasteiger charge is -2.21. The van der Waals surface area contributed by atoms with Gasteiger partial charge in [-0.3, -0.25) is 0 Å². The molecule has 0 aliphatic rings. The quantitative estimate of drug-likeness (QED) is 0.720. The van der Waals surface area contributed by atoms with Crippen LogP contribution in [0.4, 0.5) is 10.5 Å². The molecule has 1 atom stereocenters. The lowest BCUT2D eigenvalue weighted by atomic mass is 10.0. The maximum absolute atomic E-state index is 11.7. The fourth-order valence-corrected chi connectivity index (χ4v) is 1.73. The Labute approximate surface area is 122 Å². The van der Waals surface area contributed by atoms with Gasteiger partial charge in [0.15, 0.2) is 0 Å². The highest BCUT2D eigenvalue weighted by atomic mass is 16.4. The molecule has 7 heteroatoms. The van der Waals surface area contributed by atoms with Crippen molar-refractivity contribution in [3.63, 3.8) is 0 Å². The predicted molar refractivity (Wildman–Crippen MR) is 71.2 cm³/mol. The molecule has 0 aliphatic heterocycles. The number of benzene rings is 1. The second-order valence-electron chi connectivity index (χ2n) is 4.97. The van der Waals surface area contributed by atoms with E-state index >= 15 is 0 Å². The van der Waals surface area contributed by atoms with E-state index in [0.29, 0.717) is 0 Å². The summed E-state index contributed by atoms with van der Waals surface area (Å²) in [6, 6.07) is 3.58. The van der Waals surface area contributed by atoms with Crippen molar-refractivity contribution in [3.8, 4) is 0 Å². The van der Waals surface area contributed by atoms with Crippen LogP contribution in [0.2, 0.25) is 0 Å². The lowest BCUT2D eigenvalue weighted by Crippen LogP contribution is -2.49. The molecule has 2 amide bonds. The number of nitrogens with one attached hydrogen (secondary N) is 2. The van der Waals surface area contributed by atoms with Gasteiger partial charge in [0.1, 0.15) is 0 Å². The highest BCUT2D eigenvalue weighted by Gasteiger charge is 2.15. The minimum atomic E-state index is -1.37. The molecule has 0 aliphatic carbocycles. The number of carboxylic acids is 2. The average Bonchev–Trinajstić information content (AvgIpc) is 2.37. The number of rotatable bonds is 6. The van der Waals surface area contributed by atoms with Gasteiger partial charge in [0.05, 0.1) is 18.0 Å². The topological polar surface area (TPSA) is 121 Å². The van der Waals surface area contributed by atoms with E-state index in [4.69, 9.17) is 0 Å². The SMILES string of the molecule is CC(C)C[C@H](NC(=O)Nc1cccc(C(=O)[O-])c1)C(=O)[O-]. The molecule has 0 radical (unpaired) electrons. The van der Waals surface area contributed by atoms with Crippen LogP contribution in [0.15, 0.2) is 24.3 Å². The molecule has 0 heterocycles. The minimum absolute atomic E-state index is 0.0645. The summed E-state index contributed by atoms with van der Waals surface area (Å²) < 4.78 is 0. The van der Waals surface area contributed by atoms with Crippen LogP contribution in [-0.4, -0.2) is 24.0 Å². The second kappa shape index (κ2) is 7.28. The van der Waals surface area contributed by atoms with Crippen LogP contribution >= 0.6 is 0 Å². The highest BCUT2D eigenvalue weighted by Crippen LogP contribution is 2.10. The summed E-state index contributed by atoms with van der Waals surface area (Å²) >= 11 is 0. The molecule has 0 unspecified atom stereocenters. The van der Waals surface area contributed by atoms with Gasteiger partial charge in [0, 0.05) is 5.69 Å². The minimum Gasteiger partial charge on any atom is -0.548 e. The van der Waals surface area contributed by atoms with Gasteiger partial charge >= 0.3 is 6.03 Å². The summed E-state index contributed by atoms with van der Waals surface area (Å²) in [5.41, 5.74) is 0.127. The number of amides is 2. The Morgan fingerprint density at radius 1 is 1.19 bits per heavy atom. The highest BCUT2D eigenvalue weighted by molar-refractivity contribution is 5.94. The van der Waals surface area contributed by atoms with Crippen molar-refractivity contribution < 1.29 is 24.6 Å². The summed E-state index contributed by atoms with van der Waals surface area (Å²) in [5.74, 6) is -2.68. The zero-order valence-electron chi connectivity index (χ0n) is 11.7. The molecule has 7 nitrogen and oxygen atoms in total. The first-order valence-corrected chi connectivity index (χ1v) is 6.39. The van der Waals surface area contributed by atoms with Crippen LogP contribution in [0.3, 0.4) is 0 Å². The van der Waals surface area contributed by atoms with E-state index in [0.717, 1.165) is 0 Å². The maximum atomic E-state index is 11.7. The standard InChI is InChI=1S/C14H18N2O5/c1-8(2)6-11(13(19)20)16-14(21)15-10-5-3-4-9(7-10)12(17)18/h3-5,7-8,11H,6H2,1-2H3,(H,17,18)(H,19,20)(H2,15,16,21)/p-2/t11-/m0/s1. The maximum Gasteiger partial charge on any atom is 0.319 e. The van der Waals surface area contributed by atoms with E-state index in [1.807, 2.05) is 13.8 Å². The number of hydrogen-bond acceptors (Lipinski definition) is 5. The molecule has 0 spiro atoms. The summed E-state index contributed by atoms with van der Waals surface area (Å²) in [6.07, 6.45) is 0.231. The molecular weight excluding hydrogens is 276 g/mol. The van der Waals surface area contributed by atoms with Crippen LogP contribution in [0.1, 0.15) is 30.6 Å². The van der Waals surface area contributed by atoms with Crippen LogP contribution in [0.5, 0.6) is 0 Å². The smallest absolute Gasteiger partial charge is 0.319 e. The fraction of sp³-hybridized carbons (Fsp3) is 0.357. The number of carbonyl (C=O) groups excluding carboxylic acids is 3. The Kier molecular flexibility index (Phi) is 5.71. The van der Waals surface area contributed by atoms with E-state index in [2.05, 4.69) is 10.6 Å². The number of aromatic carboxylic acids is 1. The van der Waals surface area contributed by atoms with E-state index in [-0.39, 0.29) is 23.6 Å². The van der Waals surface area contributed by atoms with E-state index < -0.39 is 24.0 Å². The first-order chi connectivity index (χ1) is 9.79. The van der Waals surface area contributed by atoms with Gasteiger partial charge in [-0.15, -0.1) is 0 Å². The van der Waals surface area contributed by atoms with Crippen LogP contribution < -0.4 is 20.8 Å². The normalized spacial score (nSPS) is 11.8. The van der Waals surface area contributed by atoms with E-state index in [1.54, 1.807) is 0 Å². The summed E-state index contributed by atoms with van der Waals surface area (Å²) in [7, 11) is 0. The van der Waals surface area contributed by atoms with Gasteiger partial charge in [-0.05, 0) is 30.0 Å². The van der Waals surface area contributed by atoms with Crippen molar-refractivity contribution in [2.24, 2.45) is 5.92 Å². The van der Waals surface area contributed by atoms with Crippen molar-refractivity contribution in [1.29, 1.82) is 0 Å². The van der Waals surface area contributed by atoms with Crippen LogP contribution in [0, 0.1) is 5.92 Å². The molecule has 2 N–H and O–H groups in total. The van der Waals surface area contributed by atoms with Gasteiger partial charge in [0.2, 0.25) is 0 Å². The number of aliphatic carboxylic acids is 1. The number of urea groups is 1. The Hall–Kier alpha value is -2.57. The Bertz CT molecular complexity index is 542. The molecule has 21 heavy (non-hydrogen) atoms. The molecule has 1 rings (SSSR count). The van der Waals surface area contributed by atoms with Crippen molar-refractivity contribution in [1.82, 2.24) is 5.32 Å². The number of anilines is 1. The molecule has 1 aromatic carbocycles. The average molecular weight is 292 g/mol. The molecule has 0 fully saturated rings. The Morgan fingerprint density at radius 2 is 1.86 bits per heavy atom. The van der Waals surface area contributed by atoms with Gasteiger partial charge < -0.3 is 30.4 Å². The second-order valence-corrected chi connectivity index (χ2v) is 4.97. The third kappa shape index (κ3) is 5.52. The van der Waals surface area contributed by atoms with Crippen molar-refractivity contribution in [2.75, 3.05) is 5.32 Å². The largest absolute Gasteiger partial charge is 0.548 e. The molecule has 1 aromatic rings. The van der Waals surface area contributed by atoms with Crippen LogP contribution in [-0.2, 0) is 4.79 Å². The zero-order valence-corrected chi connectivity index (χ0v) is 11.7. The molecule has 0 saturated carbocycles. The molecular formula is C14H16N2O5-2. The number of carbonyl (C=O) groups is 3. The number of carboxylic acid groups (broad SMARTS) is 2. The van der Waals surface area contributed by atoms with Crippen molar-refractivity contribution in [3.05, 3.63) is 29.8 Å². The fourth-order valence-electron chi connectivity index (χ4n) is 1.73.